The van der Waals surface area contributed by atoms with Gasteiger partial charge in [-0.3, -0.25) is 4.21 Å². The average Bonchev–Trinajstić information content (AvgIpc) is 2.35. The van der Waals surface area contributed by atoms with Gasteiger partial charge in [0.05, 0.1) is 5.75 Å². The number of benzene rings is 2. The third-order valence-electron chi connectivity index (χ3n) is 2.85. The lowest BCUT2D eigenvalue weighted by atomic mass is 10.1. The minimum Gasteiger partial charge on any atom is -0.259 e. The molecule has 0 amide bonds. The van der Waals surface area contributed by atoms with Crippen molar-refractivity contribution in [3.8, 4) is 0 Å². The number of aryl methyl sites for hydroxylation is 1. The lowest BCUT2D eigenvalue weighted by molar-refractivity contribution is 0.615. The zero-order chi connectivity index (χ0) is 13.0. The monoisotopic (exact) mass is 262 g/mol. The number of halogens is 1. The van der Waals surface area contributed by atoms with Gasteiger partial charge in [0.1, 0.15) is 5.82 Å². The molecule has 0 fully saturated rings. The van der Waals surface area contributed by atoms with E-state index in [0.717, 1.165) is 11.1 Å². The predicted molar refractivity (Wildman–Crippen MR) is 73.1 cm³/mol. The summed E-state index contributed by atoms with van der Waals surface area (Å²) < 4.78 is 25.5. The van der Waals surface area contributed by atoms with Crippen molar-refractivity contribution in [3.05, 3.63) is 71.0 Å². The molecule has 2 aromatic rings. The zero-order valence-corrected chi connectivity index (χ0v) is 11.0. The molecule has 0 N–H and O–H groups in total. The van der Waals surface area contributed by atoms with Gasteiger partial charge in [0.25, 0.3) is 0 Å². The maximum atomic E-state index is 13.4. The Morgan fingerprint density at radius 3 is 2.17 bits per heavy atom. The summed E-state index contributed by atoms with van der Waals surface area (Å²) >= 11 is 0. The molecule has 0 saturated carbocycles. The van der Waals surface area contributed by atoms with Crippen molar-refractivity contribution in [1.82, 2.24) is 0 Å². The molecular formula is C15H15FOS. The van der Waals surface area contributed by atoms with Crippen LogP contribution in [-0.4, -0.2) is 4.21 Å². The summed E-state index contributed by atoms with van der Waals surface area (Å²) in [4.78, 5) is 0. The number of rotatable bonds is 4. The average molecular weight is 262 g/mol. The standard InChI is InChI=1S/C15H15FOS/c1-12-6-2-3-7-13(12)10-18(17)11-14-8-4-5-9-15(14)16/h2-9H,10-11H2,1H3. The van der Waals surface area contributed by atoms with Crippen LogP contribution in [0, 0.1) is 12.7 Å². The first kappa shape index (κ1) is 13.0. The van der Waals surface area contributed by atoms with Crippen molar-refractivity contribution in [3.63, 3.8) is 0 Å². The molecule has 2 rings (SSSR count). The van der Waals surface area contributed by atoms with E-state index in [-0.39, 0.29) is 11.6 Å². The van der Waals surface area contributed by atoms with Gasteiger partial charge < -0.3 is 0 Å². The Morgan fingerprint density at radius 2 is 1.50 bits per heavy atom. The van der Waals surface area contributed by atoms with Gasteiger partial charge in [-0.2, -0.15) is 0 Å². The third kappa shape index (κ3) is 3.26. The third-order valence-corrected chi connectivity index (χ3v) is 4.12. The summed E-state index contributed by atoms with van der Waals surface area (Å²) in [6.45, 7) is 2.00. The van der Waals surface area contributed by atoms with Gasteiger partial charge in [-0.25, -0.2) is 4.39 Å². The quantitative estimate of drug-likeness (QED) is 0.823. The summed E-state index contributed by atoms with van der Waals surface area (Å²) in [5, 5.41) is 0. The smallest absolute Gasteiger partial charge is 0.127 e. The highest BCUT2D eigenvalue weighted by molar-refractivity contribution is 7.83. The van der Waals surface area contributed by atoms with Crippen molar-refractivity contribution >= 4 is 10.8 Å². The molecule has 2 aromatic carbocycles. The van der Waals surface area contributed by atoms with Gasteiger partial charge in [0.15, 0.2) is 0 Å². The van der Waals surface area contributed by atoms with Crippen molar-refractivity contribution in [2.24, 2.45) is 0 Å². The summed E-state index contributed by atoms with van der Waals surface area (Å²) in [7, 11) is -1.08. The molecule has 0 spiro atoms. The van der Waals surface area contributed by atoms with Gasteiger partial charge in [-0.1, -0.05) is 42.5 Å². The van der Waals surface area contributed by atoms with Gasteiger partial charge in [0.2, 0.25) is 0 Å². The van der Waals surface area contributed by atoms with Gasteiger partial charge in [0, 0.05) is 22.1 Å². The highest BCUT2D eigenvalue weighted by Gasteiger charge is 2.08. The first-order chi connectivity index (χ1) is 8.66. The van der Waals surface area contributed by atoms with Crippen LogP contribution in [0.3, 0.4) is 0 Å². The van der Waals surface area contributed by atoms with Crippen LogP contribution in [-0.2, 0) is 22.3 Å². The van der Waals surface area contributed by atoms with E-state index in [1.165, 1.54) is 6.07 Å². The lowest BCUT2D eigenvalue weighted by Crippen LogP contribution is -2.02. The SMILES string of the molecule is Cc1ccccc1CS(=O)Cc1ccccc1F. The first-order valence-corrected chi connectivity index (χ1v) is 7.28. The highest BCUT2D eigenvalue weighted by atomic mass is 32.2. The van der Waals surface area contributed by atoms with E-state index < -0.39 is 10.8 Å². The molecule has 0 saturated heterocycles. The van der Waals surface area contributed by atoms with Gasteiger partial charge in [-0.05, 0) is 24.1 Å². The molecular weight excluding hydrogens is 247 g/mol. The summed E-state index contributed by atoms with van der Waals surface area (Å²) in [6.07, 6.45) is 0. The Morgan fingerprint density at radius 1 is 0.944 bits per heavy atom. The molecule has 0 bridgehead atoms. The minimum absolute atomic E-state index is 0.265. The van der Waals surface area contributed by atoms with Crippen molar-refractivity contribution in [2.45, 2.75) is 18.4 Å². The topological polar surface area (TPSA) is 17.1 Å². The largest absolute Gasteiger partial charge is 0.259 e. The van der Waals surface area contributed by atoms with Crippen molar-refractivity contribution < 1.29 is 8.60 Å². The molecule has 0 aliphatic carbocycles. The van der Waals surface area contributed by atoms with Crippen LogP contribution < -0.4 is 0 Å². The molecule has 3 heteroatoms. The first-order valence-electron chi connectivity index (χ1n) is 5.79. The Labute approximate surface area is 109 Å². The van der Waals surface area contributed by atoms with Gasteiger partial charge >= 0.3 is 0 Å². The molecule has 0 radical (unpaired) electrons. The summed E-state index contributed by atoms with van der Waals surface area (Å²) in [6, 6.07) is 14.4. The fourth-order valence-electron chi connectivity index (χ4n) is 1.79. The Kier molecular flexibility index (Phi) is 4.26. The Hall–Kier alpha value is -1.48. The molecule has 0 heterocycles. The fourth-order valence-corrected chi connectivity index (χ4v) is 3.14. The second kappa shape index (κ2) is 5.91. The summed E-state index contributed by atoms with van der Waals surface area (Å²) in [5.74, 6) is 0.456. The van der Waals surface area contributed by atoms with E-state index in [1.807, 2.05) is 31.2 Å². The van der Waals surface area contributed by atoms with Crippen LogP contribution in [0.1, 0.15) is 16.7 Å². The summed E-state index contributed by atoms with van der Waals surface area (Å²) in [5.41, 5.74) is 2.70. The van der Waals surface area contributed by atoms with E-state index in [4.69, 9.17) is 0 Å². The fraction of sp³-hybridized carbons (Fsp3) is 0.200. The Balaban J connectivity index is 2.06. The zero-order valence-electron chi connectivity index (χ0n) is 10.2. The molecule has 0 aromatic heterocycles. The van der Waals surface area contributed by atoms with E-state index in [9.17, 15) is 8.60 Å². The molecule has 0 aliphatic heterocycles. The van der Waals surface area contributed by atoms with Crippen LogP contribution in [0.2, 0.25) is 0 Å². The maximum Gasteiger partial charge on any atom is 0.127 e. The van der Waals surface area contributed by atoms with Crippen LogP contribution in [0.15, 0.2) is 48.5 Å². The maximum absolute atomic E-state index is 13.4. The molecule has 1 unspecified atom stereocenters. The van der Waals surface area contributed by atoms with Crippen molar-refractivity contribution in [1.29, 1.82) is 0 Å². The van der Waals surface area contributed by atoms with Crippen LogP contribution in [0.25, 0.3) is 0 Å². The lowest BCUT2D eigenvalue weighted by Gasteiger charge is -2.06. The Bertz CT molecular complexity index is 516. The molecule has 18 heavy (non-hydrogen) atoms. The number of hydrogen-bond donors (Lipinski definition) is 0. The van der Waals surface area contributed by atoms with E-state index >= 15 is 0 Å². The second-order valence-electron chi connectivity index (χ2n) is 4.25. The van der Waals surface area contributed by atoms with Crippen LogP contribution in [0.5, 0.6) is 0 Å². The van der Waals surface area contributed by atoms with Crippen LogP contribution >= 0.6 is 0 Å². The number of hydrogen-bond acceptors (Lipinski definition) is 1. The van der Waals surface area contributed by atoms with Crippen LogP contribution in [0.4, 0.5) is 4.39 Å². The molecule has 94 valence electrons. The molecule has 0 aliphatic rings. The second-order valence-corrected chi connectivity index (χ2v) is 5.70. The predicted octanol–water partition coefficient (Wildman–Crippen LogP) is 3.58. The van der Waals surface area contributed by atoms with E-state index in [2.05, 4.69) is 0 Å². The minimum atomic E-state index is -1.08. The molecule has 1 atom stereocenters. The van der Waals surface area contributed by atoms with Gasteiger partial charge in [-0.15, -0.1) is 0 Å². The van der Waals surface area contributed by atoms with Crippen molar-refractivity contribution in [2.75, 3.05) is 0 Å². The highest BCUT2D eigenvalue weighted by Crippen LogP contribution is 2.14. The molecule has 1 nitrogen and oxygen atoms in total. The normalized spacial score (nSPS) is 12.3. The van der Waals surface area contributed by atoms with E-state index in [0.29, 0.717) is 11.3 Å². The van der Waals surface area contributed by atoms with E-state index in [1.54, 1.807) is 18.2 Å².